The van der Waals surface area contributed by atoms with Crippen LogP contribution in [0.3, 0.4) is 0 Å². The molecule has 9 heteroatoms. The molecule has 3 amide bonds. The fourth-order valence-corrected chi connectivity index (χ4v) is 3.79. The predicted molar refractivity (Wildman–Crippen MR) is 120 cm³/mol. The van der Waals surface area contributed by atoms with Crippen molar-refractivity contribution in [1.29, 1.82) is 0 Å². The van der Waals surface area contributed by atoms with E-state index in [1.54, 1.807) is 48.5 Å². The number of hydrogen-bond acceptors (Lipinski definition) is 6. The Hall–Kier alpha value is -3.36. The maximum absolute atomic E-state index is 12.9. The van der Waals surface area contributed by atoms with E-state index in [0.29, 0.717) is 29.2 Å². The minimum absolute atomic E-state index is 0.0373. The highest BCUT2D eigenvalue weighted by Gasteiger charge is 2.39. The molecule has 0 radical (unpaired) electrons. The van der Waals surface area contributed by atoms with Crippen molar-refractivity contribution in [2.75, 3.05) is 30.5 Å². The zero-order valence-electron chi connectivity index (χ0n) is 17.4. The van der Waals surface area contributed by atoms with Crippen LogP contribution in [0.25, 0.3) is 0 Å². The molecule has 2 aromatic rings. The second-order valence-corrected chi connectivity index (χ2v) is 7.76. The Balaban J connectivity index is 1.47. The summed E-state index contributed by atoms with van der Waals surface area (Å²) >= 11 is 6.19. The third kappa shape index (κ3) is 4.46. The van der Waals surface area contributed by atoms with E-state index in [0.717, 1.165) is 24.3 Å². The highest BCUT2D eigenvalue weighted by Crippen LogP contribution is 2.31. The van der Waals surface area contributed by atoms with E-state index in [1.165, 1.54) is 7.11 Å². The number of anilines is 2. The van der Waals surface area contributed by atoms with Gasteiger partial charge in [0.2, 0.25) is 0 Å². The van der Waals surface area contributed by atoms with Gasteiger partial charge in [-0.15, -0.1) is 0 Å². The summed E-state index contributed by atoms with van der Waals surface area (Å²) in [6.07, 6.45) is 1.96. The van der Waals surface area contributed by atoms with E-state index in [2.05, 4.69) is 10.6 Å². The second-order valence-electron chi connectivity index (χ2n) is 7.38. The molecule has 1 atom stereocenters. The number of nitrogens with one attached hydrogen (secondary N) is 2. The Bertz CT molecular complexity index is 1080. The fourth-order valence-electron chi connectivity index (χ4n) is 3.57. The van der Waals surface area contributed by atoms with E-state index >= 15 is 0 Å². The lowest BCUT2D eigenvalue weighted by atomic mass is 10.1. The van der Waals surface area contributed by atoms with Crippen LogP contribution in [0.5, 0.6) is 5.75 Å². The SMILES string of the molecule is COc1ccc(N2C(=O)C(Cl)=C(Nc3cccc(C(=O)NCC4CCCO4)c3)C2=O)cc1. The molecule has 2 aliphatic heterocycles. The van der Waals surface area contributed by atoms with Crippen LogP contribution in [-0.4, -0.2) is 44.1 Å². The van der Waals surface area contributed by atoms with Crippen LogP contribution in [0.1, 0.15) is 23.2 Å². The van der Waals surface area contributed by atoms with Gasteiger partial charge >= 0.3 is 0 Å². The summed E-state index contributed by atoms with van der Waals surface area (Å²) in [5.74, 6) is -0.869. The molecule has 2 heterocycles. The molecule has 0 aromatic heterocycles. The average molecular weight is 456 g/mol. The van der Waals surface area contributed by atoms with Crippen molar-refractivity contribution in [3.8, 4) is 5.75 Å². The van der Waals surface area contributed by atoms with Gasteiger partial charge in [0.1, 0.15) is 16.5 Å². The molecule has 2 N–H and O–H groups in total. The maximum Gasteiger partial charge on any atom is 0.283 e. The zero-order chi connectivity index (χ0) is 22.7. The number of halogens is 1. The third-order valence-electron chi connectivity index (χ3n) is 5.27. The van der Waals surface area contributed by atoms with Crippen LogP contribution in [0.4, 0.5) is 11.4 Å². The molecule has 0 spiro atoms. The molecule has 2 aliphatic rings. The molecule has 8 nitrogen and oxygen atoms in total. The van der Waals surface area contributed by atoms with Gasteiger partial charge in [-0.2, -0.15) is 0 Å². The van der Waals surface area contributed by atoms with Gasteiger partial charge in [-0.3, -0.25) is 14.4 Å². The molecule has 0 aliphatic carbocycles. The van der Waals surface area contributed by atoms with Crippen LogP contribution in [0.15, 0.2) is 59.3 Å². The second kappa shape index (κ2) is 9.42. The van der Waals surface area contributed by atoms with Gasteiger partial charge < -0.3 is 20.1 Å². The lowest BCUT2D eigenvalue weighted by molar-refractivity contribution is -0.120. The van der Waals surface area contributed by atoms with E-state index < -0.39 is 11.8 Å². The van der Waals surface area contributed by atoms with Gasteiger partial charge in [-0.1, -0.05) is 17.7 Å². The Kier molecular flexibility index (Phi) is 6.43. The number of carbonyl (C=O) groups excluding carboxylic acids is 3. The van der Waals surface area contributed by atoms with E-state index in [4.69, 9.17) is 21.1 Å². The number of carbonyl (C=O) groups is 3. The van der Waals surface area contributed by atoms with Gasteiger partial charge in [0.15, 0.2) is 0 Å². The highest BCUT2D eigenvalue weighted by atomic mass is 35.5. The first-order valence-electron chi connectivity index (χ1n) is 10.2. The Morgan fingerprint density at radius 1 is 1.19 bits per heavy atom. The molecule has 4 rings (SSSR count). The van der Waals surface area contributed by atoms with Crippen molar-refractivity contribution in [1.82, 2.24) is 5.32 Å². The fraction of sp³-hybridized carbons (Fsp3) is 0.261. The molecule has 166 valence electrons. The van der Waals surface area contributed by atoms with Crippen LogP contribution < -0.4 is 20.3 Å². The zero-order valence-corrected chi connectivity index (χ0v) is 18.1. The lowest BCUT2D eigenvalue weighted by Crippen LogP contribution is -2.32. The molecule has 0 bridgehead atoms. The lowest BCUT2D eigenvalue weighted by Gasteiger charge is -2.15. The van der Waals surface area contributed by atoms with Crippen molar-refractivity contribution < 1.29 is 23.9 Å². The first kappa shape index (κ1) is 21.9. The van der Waals surface area contributed by atoms with Gasteiger partial charge in [0, 0.05) is 24.4 Å². The van der Waals surface area contributed by atoms with Gasteiger partial charge in [0.25, 0.3) is 17.7 Å². The summed E-state index contributed by atoms with van der Waals surface area (Å²) in [7, 11) is 1.53. The van der Waals surface area contributed by atoms with Crippen molar-refractivity contribution in [3.05, 3.63) is 64.8 Å². The minimum Gasteiger partial charge on any atom is -0.497 e. The van der Waals surface area contributed by atoms with Crippen LogP contribution in [0, 0.1) is 0 Å². The number of rotatable bonds is 7. The summed E-state index contributed by atoms with van der Waals surface area (Å²) in [4.78, 5) is 39.0. The van der Waals surface area contributed by atoms with Crippen molar-refractivity contribution in [2.45, 2.75) is 18.9 Å². The first-order chi connectivity index (χ1) is 15.5. The average Bonchev–Trinajstić information content (AvgIpc) is 3.41. The summed E-state index contributed by atoms with van der Waals surface area (Å²) in [5.41, 5.74) is 1.19. The van der Waals surface area contributed by atoms with Gasteiger partial charge in [0.05, 0.1) is 18.9 Å². The number of hydrogen-bond donors (Lipinski definition) is 2. The van der Waals surface area contributed by atoms with Crippen LogP contribution in [-0.2, 0) is 14.3 Å². The number of imide groups is 1. The molecule has 2 aromatic carbocycles. The van der Waals surface area contributed by atoms with Crippen LogP contribution >= 0.6 is 11.6 Å². The van der Waals surface area contributed by atoms with Gasteiger partial charge in [-0.25, -0.2) is 4.90 Å². The Morgan fingerprint density at radius 2 is 1.97 bits per heavy atom. The molecule has 1 saturated heterocycles. The summed E-state index contributed by atoms with van der Waals surface area (Å²) in [6.45, 7) is 1.16. The summed E-state index contributed by atoms with van der Waals surface area (Å²) in [6, 6.07) is 13.1. The quantitative estimate of drug-likeness (QED) is 0.623. The molecule has 1 unspecified atom stereocenters. The maximum atomic E-state index is 12.9. The minimum atomic E-state index is -0.630. The highest BCUT2D eigenvalue weighted by molar-refractivity contribution is 6.53. The largest absolute Gasteiger partial charge is 0.497 e. The summed E-state index contributed by atoms with van der Waals surface area (Å²) in [5, 5.41) is 5.52. The van der Waals surface area contributed by atoms with E-state index in [1.807, 2.05) is 0 Å². The Morgan fingerprint density at radius 3 is 2.66 bits per heavy atom. The normalized spacial score (nSPS) is 18.3. The third-order valence-corrected chi connectivity index (χ3v) is 5.62. The number of amides is 3. The number of ether oxygens (including phenoxy) is 2. The van der Waals surface area contributed by atoms with E-state index in [9.17, 15) is 14.4 Å². The van der Waals surface area contributed by atoms with Crippen LogP contribution in [0.2, 0.25) is 0 Å². The summed E-state index contributed by atoms with van der Waals surface area (Å²) < 4.78 is 10.6. The monoisotopic (exact) mass is 455 g/mol. The van der Waals surface area contributed by atoms with Crippen molar-refractivity contribution >= 4 is 40.7 Å². The molecule has 0 saturated carbocycles. The first-order valence-corrected chi connectivity index (χ1v) is 10.5. The Labute approximate surface area is 190 Å². The standard InChI is InChI=1S/C23H22ClN3O5/c1-31-17-9-7-16(8-10-17)27-22(29)19(24)20(23(27)30)26-15-5-2-4-14(12-15)21(28)25-13-18-6-3-11-32-18/h2,4-5,7-10,12,18,26H,3,6,11,13H2,1H3,(H,25,28). The smallest absolute Gasteiger partial charge is 0.283 e. The molecule has 1 fully saturated rings. The van der Waals surface area contributed by atoms with E-state index in [-0.39, 0.29) is 22.7 Å². The molecular formula is C23H22ClN3O5. The number of benzene rings is 2. The van der Waals surface area contributed by atoms with Crippen molar-refractivity contribution in [2.24, 2.45) is 0 Å². The topological polar surface area (TPSA) is 97.0 Å². The molecule has 32 heavy (non-hydrogen) atoms. The number of nitrogens with zero attached hydrogens (tertiary/aromatic N) is 1. The van der Waals surface area contributed by atoms with Crippen molar-refractivity contribution in [3.63, 3.8) is 0 Å². The van der Waals surface area contributed by atoms with Gasteiger partial charge in [-0.05, 0) is 55.3 Å². The molecular weight excluding hydrogens is 434 g/mol. The number of methoxy groups -OCH3 is 1. The predicted octanol–water partition coefficient (Wildman–Crippen LogP) is 3.04.